The number of hydrogen-bond acceptors (Lipinski definition) is 7. The molecule has 2 fully saturated rings. The van der Waals surface area contributed by atoms with Gasteiger partial charge in [0.1, 0.15) is 17.8 Å². The van der Waals surface area contributed by atoms with Gasteiger partial charge in [0, 0.05) is 38.2 Å². The van der Waals surface area contributed by atoms with Crippen LogP contribution in [0.3, 0.4) is 0 Å². The zero-order valence-corrected chi connectivity index (χ0v) is 14.3. The minimum Gasteiger partial charge on any atom is -0.424 e. The van der Waals surface area contributed by atoms with E-state index in [-0.39, 0.29) is 11.9 Å². The molecule has 2 aromatic rings. The second kappa shape index (κ2) is 6.49. The molecule has 2 aromatic heterocycles. The van der Waals surface area contributed by atoms with Gasteiger partial charge >= 0.3 is 6.18 Å². The Labute approximate surface area is 148 Å². The van der Waals surface area contributed by atoms with Crippen molar-refractivity contribution in [3.63, 3.8) is 0 Å². The fourth-order valence-electron chi connectivity index (χ4n) is 3.17. The molecule has 1 saturated heterocycles. The minimum absolute atomic E-state index is 0.0665. The second-order valence-corrected chi connectivity index (χ2v) is 6.86. The first-order valence-electron chi connectivity index (χ1n) is 8.57. The van der Waals surface area contributed by atoms with Gasteiger partial charge in [0.05, 0.1) is 6.54 Å². The van der Waals surface area contributed by atoms with Gasteiger partial charge in [-0.3, -0.25) is 4.90 Å². The summed E-state index contributed by atoms with van der Waals surface area (Å²) < 4.78 is 44.2. The third kappa shape index (κ3) is 3.64. The van der Waals surface area contributed by atoms with Crippen LogP contribution < -0.4 is 4.90 Å². The van der Waals surface area contributed by atoms with E-state index in [0.29, 0.717) is 30.8 Å². The predicted octanol–water partition coefficient (Wildman–Crippen LogP) is 2.47. The first kappa shape index (κ1) is 17.2. The molecule has 1 atom stereocenters. The SMILES string of the molecule is CN(c1cc(C(F)(F)F)ncn1)C1CCN(Cc2nnc(C3CC3)o2)C1. The molecule has 4 rings (SSSR count). The Hall–Kier alpha value is -2.23. The predicted molar refractivity (Wildman–Crippen MR) is 85.4 cm³/mol. The molecule has 2 aliphatic rings. The molecule has 26 heavy (non-hydrogen) atoms. The van der Waals surface area contributed by atoms with E-state index in [1.165, 1.54) is 0 Å². The summed E-state index contributed by atoms with van der Waals surface area (Å²) in [7, 11) is 1.76. The van der Waals surface area contributed by atoms with E-state index in [1.807, 2.05) is 0 Å². The van der Waals surface area contributed by atoms with Gasteiger partial charge in [0.2, 0.25) is 11.8 Å². The third-order valence-electron chi connectivity index (χ3n) is 4.87. The lowest BCUT2D eigenvalue weighted by Gasteiger charge is -2.26. The van der Waals surface area contributed by atoms with Gasteiger partial charge in [0.15, 0.2) is 0 Å². The summed E-state index contributed by atoms with van der Waals surface area (Å²) in [6.07, 6.45) is -0.476. The smallest absolute Gasteiger partial charge is 0.424 e. The van der Waals surface area contributed by atoms with Crippen LogP contribution in [0.4, 0.5) is 19.0 Å². The number of anilines is 1. The first-order chi connectivity index (χ1) is 12.4. The Morgan fingerprint density at radius 3 is 2.77 bits per heavy atom. The zero-order chi connectivity index (χ0) is 18.3. The lowest BCUT2D eigenvalue weighted by atomic mass is 10.2. The maximum atomic E-state index is 12.8. The van der Waals surface area contributed by atoms with Gasteiger partial charge in [-0.05, 0) is 19.3 Å². The highest BCUT2D eigenvalue weighted by Crippen LogP contribution is 2.39. The highest BCUT2D eigenvalue weighted by molar-refractivity contribution is 5.40. The highest BCUT2D eigenvalue weighted by Gasteiger charge is 2.34. The molecule has 0 aromatic carbocycles. The number of likely N-dealkylation sites (N-methyl/N-ethyl adjacent to an activating group) is 1. The van der Waals surface area contributed by atoms with E-state index >= 15 is 0 Å². The van der Waals surface area contributed by atoms with Crippen LogP contribution in [0.25, 0.3) is 0 Å². The lowest BCUT2D eigenvalue weighted by Crippen LogP contribution is -2.35. The maximum absolute atomic E-state index is 12.8. The van der Waals surface area contributed by atoms with Crippen LogP contribution in [-0.4, -0.2) is 51.2 Å². The summed E-state index contributed by atoms with van der Waals surface area (Å²) in [5, 5.41) is 8.17. The molecule has 140 valence electrons. The lowest BCUT2D eigenvalue weighted by molar-refractivity contribution is -0.141. The van der Waals surface area contributed by atoms with Gasteiger partial charge in [-0.25, -0.2) is 9.97 Å². The number of hydrogen-bond donors (Lipinski definition) is 0. The Morgan fingerprint density at radius 2 is 2.04 bits per heavy atom. The van der Waals surface area contributed by atoms with E-state index in [2.05, 4.69) is 25.1 Å². The molecule has 0 radical (unpaired) electrons. The van der Waals surface area contributed by atoms with Crippen LogP contribution in [0, 0.1) is 0 Å². The van der Waals surface area contributed by atoms with Gasteiger partial charge in [0.25, 0.3) is 0 Å². The largest absolute Gasteiger partial charge is 0.433 e. The standard InChI is InChI=1S/C16H19F3N6O/c1-24(13-6-12(16(17,18)19)20-9-21-13)11-4-5-25(7-11)8-14-22-23-15(26-14)10-2-3-10/h6,9-11H,2-5,7-8H2,1H3. The van der Waals surface area contributed by atoms with Crippen molar-refractivity contribution in [3.8, 4) is 0 Å². The summed E-state index contributed by atoms with van der Waals surface area (Å²) in [5.74, 6) is 2.01. The summed E-state index contributed by atoms with van der Waals surface area (Å²) in [6.45, 7) is 2.07. The number of halogens is 3. The van der Waals surface area contributed by atoms with E-state index in [4.69, 9.17) is 4.42 Å². The van der Waals surface area contributed by atoms with Crippen molar-refractivity contribution >= 4 is 5.82 Å². The fraction of sp³-hybridized carbons (Fsp3) is 0.625. The molecule has 1 unspecified atom stereocenters. The second-order valence-electron chi connectivity index (χ2n) is 6.86. The van der Waals surface area contributed by atoms with Crippen molar-refractivity contribution in [1.82, 2.24) is 25.1 Å². The normalized spacial score (nSPS) is 21.3. The van der Waals surface area contributed by atoms with Crippen molar-refractivity contribution in [2.45, 2.75) is 43.9 Å². The molecule has 1 aliphatic carbocycles. The molecule has 0 spiro atoms. The molecule has 10 heteroatoms. The third-order valence-corrected chi connectivity index (χ3v) is 4.87. The maximum Gasteiger partial charge on any atom is 0.433 e. The molecular formula is C16H19F3N6O. The molecule has 7 nitrogen and oxygen atoms in total. The van der Waals surface area contributed by atoms with Gasteiger partial charge in [-0.1, -0.05) is 0 Å². The summed E-state index contributed by atoms with van der Waals surface area (Å²) >= 11 is 0. The Bertz CT molecular complexity index is 775. The summed E-state index contributed by atoms with van der Waals surface area (Å²) in [4.78, 5) is 11.2. The van der Waals surface area contributed by atoms with E-state index in [9.17, 15) is 13.2 Å². The average Bonchev–Trinajstić information content (AvgIpc) is 3.18. The first-order valence-corrected chi connectivity index (χ1v) is 8.57. The molecular weight excluding hydrogens is 349 g/mol. The van der Waals surface area contributed by atoms with Crippen molar-refractivity contribution < 1.29 is 17.6 Å². The van der Waals surface area contributed by atoms with Gasteiger partial charge in [-0.15, -0.1) is 10.2 Å². The molecule has 0 N–H and O–H groups in total. The van der Waals surface area contributed by atoms with Crippen LogP contribution in [0.1, 0.15) is 42.7 Å². The Morgan fingerprint density at radius 1 is 1.23 bits per heavy atom. The monoisotopic (exact) mass is 368 g/mol. The number of alkyl halides is 3. The summed E-state index contributed by atoms with van der Waals surface area (Å²) in [5.41, 5.74) is -0.928. The van der Waals surface area contributed by atoms with Gasteiger partial charge in [-0.2, -0.15) is 13.2 Å². The van der Waals surface area contributed by atoms with Crippen LogP contribution >= 0.6 is 0 Å². The van der Waals surface area contributed by atoms with E-state index < -0.39 is 11.9 Å². The average molecular weight is 368 g/mol. The minimum atomic E-state index is -4.47. The van der Waals surface area contributed by atoms with Crippen molar-refractivity contribution in [2.24, 2.45) is 0 Å². The molecule has 0 bridgehead atoms. The Kier molecular flexibility index (Phi) is 4.29. The van der Waals surface area contributed by atoms with Crippen LogP contribution in [0.2, 0.25) is 0 Å². The van der Waals surface area contributed by atoms with Crippen molar-refractivity contribution in [1.29, 1.82) is 0 Å². The van der Waals surface area contributed by atoms with Crippen LogP contribution in [0.15, 0.2) is 16.8 Å². The zero-order valence-electron chi connectivity index (χ0n) is 14.3. The quantitative estimate of drug-likeness (QED) is 0.803. The number of likely N-dealkylation sites (tertiary alicyclic amines) is 1. The number of nitrogens with zero attached hydrogens (tertiary/aromatic N) is 6. The number of aromatic nitrogens is 4. The van der Waals surface area contributed by atoms with Crippen LogP contribution in [-0.2, 0) is 12.7 Å². The molecule has 1 aliphatic heterocycles. The fourth-order valence-corrected chi connectivity index (χ4v) is 3.17. The van der Waals surface area contributed by atoms with E-state index in [0.717, 1.165) is 38.2 Å². The molecule has 0 amide bonds. The molecule has 3 heterocycles. The van der Waals surface area contributed by atoms with E-state index in [1.54, 1.807) is 11.9 Å². The topological polar surface area (TPSA) is 71.2 Å². The Balaban J connectivity index is 1.38. The van der Waals surface area contributed by atoms with Gasteiger partial charge < -0.3 is 9.32 Å². The van der Waals surface area contributed by atoms with Crippen LogP contribution in [0.5, 0.6) is 0 Å². The molecule has 1 saturated carbocycles. The van der Waals surface area contributed by atoms with Crippen molar-refractivity contribution in [2.75, 3.05) is 25.0 Å². The highest BCUT2D eigenvalue weighted by atomic mass is 19.4. The van der Waals surface area contributed by atoms with Crippen molar-refractivity contribution in [3.05, 3.63) is 29.9 Å². The number of rotatable bonds is 5. The summed E-state index contributed by atoms with van der Waals surface area (Å²) in [6, 6.07) is 1.06.